The van der Waals surface area contributed by atoms with E-state index >= 15 is 0 Å². The molecule has 1 atom stereocenters. The Bertz CT molecular complexity index is 1230. The third-order valence-electron chi connectivity index (χ3n) is 6.72. The third-order valence-corrected chi connectivity index (χ3v) is 6.72. The van der Waals surface area contributed by atoms with Gasteiger partial charge in [0.2, 0.25) is 5.91 Å². The number of piperazine rings is 1. The van der Waals surface area contributed by atoms with Gasteiger partial charge in [0.05, 0.1) is 0 Å². The number of nitrogens with one attached hydrogen (secondary N) is 2. The summed E-state index contributed by atoms with van der Waals surface area (Å²) in [4.78, 5) is 31.0. The lowest BCUT2D eigenvalue weighted by Gasteiger charge is -2.32. The van der Waals surface area contributed by atoms with Crippen LogP contribution in [0.3, 0.4) is 0 Å². The molecule has 3 aliphatic rings. The van der Waals surface area contributed by atoms with Crippen molar-refractivity contribution in [2.45, 2.75) is 57.6 Å². The minimum atomic E-state index is -0.607. The first-order chi connectivity index (χ1) is 15.1. The highest BCUT2D eigenvalue weighted by molar-refractivity contribution is 6.05. The van der Waals surface area contributed by atoms with Crippen LogP contribution >= 0.6 is 0 Å². The molecule has 1 aromatic carbocycles. The van der Waals surface area contributed by atoms with Gasteiger partial charge in [-0.15, -0.1) is 6.58 Å². The Morgan fingerprint density at radius 1 is 1.31 bits per heavy atom. The van der Waals surface area contributed by atoms with Gasteiger partial charge < -0.3 is 19.9 Å². The Labute approximate surface area is 188 Å². The first-order valence-electron chi connectivity index (χ1n) is 11.1. The molecule has 0 spiro atoms. The first kappa shape index (κ1) is 20.6. The van der Waals surface area contributed by atoms with Crippen LogP contribution in [0.15, 0.2) is 42.6 Å². The van der Waals surface area contributed by atoms with Gasteiger partial charge in [-0.3, -0.25) is 9.59 Å². The second-order valence-electron chi connectivity index (χ2n) is 9.98. The van der Waals surface area contributed by atoms with E-state index in [2.05, 4.69) is 55.0 Å². The topological polar surface area (TPSA) is 74.4 Å². The second-order valence-corrected chi connectivity index (χ2v) is 9.98. The summed E-state index contributed by atoms with van der Waals surface area (Å²) < 4.78 is 6.22. The lowest BCUT2D eigenvalue weighted by molar-refractivity contribution is -0.139. The van der Waals surface area contributed by atoms with Crippen LogP contribution in [0.1, 0.15) is 50.9 Å². The van der Waals surface area contributed by atoms with E-state index in [-0.39, 0.29) is 22.8 Å². The van der Waals surface area contributed by atoms with Crippen molar-refractivity contribution < 1.29 is 14.3 Å². The summed E-state index contributed by atoms with van der Waals surface area (Å²) in [6, 6.07) is 3.54. The molecule has 6 nitrogen and oxygen atoms in total. The molecule has 32 heavy (non-hydrogen) atoms. The fraction of sp³-hybridized carbons (Fsp3) is 0.385. The molecule has 1 saturated heterocycles. The van der Waals surface area contributed by atoms with Gasteiger partial charge in [0.25, 0.3) is 5.91 Å². The van der Waals surface area contributed by atoms with E-state index in [1.807, 2.05) is 26.0 Å². The number of rotatable bonds is 4. The number of amides is 2. The Morgan fingerprint density at radius 3 is 2.84 bits per heavy atom. The Kier molecular flexibility index (Phi) is 4.42. The maximum atomic E-state index is 13.2. The normalized spacial score (nSPS) is 21.7. The van der Waals surface area contributed by atoms with Crippen LogP contribution in [-0.2, 0) is 21.4 Å². The summed E-state index contributed by atoms with van der Waals surface area (Å²) in [6.07, 6.45) is 9.00. The zero-order valence-corrected chi connectivity index (χ0v) is 19.0. The molecular formula is C26H29N3O3. The highest BCUT2D eigenvalue weighted by atomic mass is 16.5. The minimum absolute atomic E-state index is 0.0525. The van der Waals surface area contributed by atoms with Gasteiger partial charge in [0.1, 0.15) is 23.1 Å². The standard InChI is InChI=1S/C26H29N3O3/c1-6-25(2,3)22-17(13-19-24(31)29-11-7-8-20(29)23(30)28-19)16-14-21-15(12-18(16)27-22)9-10-26(4,5)32-21/h6,8-10,12,14,19,27H,1,7,11,13H2,2-5H3,(H,28,30)/t19-/m0/s1. The summed E-state index contributed by atoms with van der Waals surface area (Å²) in [6.45, 7) is 12.8. The quantitative estimate of drug-likeness (QED) is 0.720. The van der Waals surface area contributed by atoms with Crippen LogP contribution in [-0.4, -0.2) is 39.9 Å². The van der Waals surface area contributed by atoms with Gasteiger partial charge in [-0.1, -0.05) is 32.1 Å². The van der Waals surface area contributed by atoms with E-state index < -0.39 is 6.04 Å². The van der Waals surface area contributed by atoms with Gasteiger partial charge in [0, 0.05) is 40.5 Å². The molecular weight excluding hydrogens is 402 g/mol. The monoisotopic (exact) mass is 431 g/mol. The number of nitrogens with zero attached hydrogens (tertiary/aromatic N) is 1. The van der Waals surface area contributed by atoms with Gasteiger partial charge in [0.15, 0.2) is 0 Å². The molecule has 0 unspecified atom stereocenters. The van der Waals surface area contributed by atoms with Crippen molar-refractivity contribution in [3.63, 3.8) is 0 Å². The van der Waals surface area contributed by atoms with E-state index in [0.29, 0.717) is 18.7 Å². The highest BCUT2D eigenvalue weighted by Gasteiger charge is 2.39. The molecule has 0 radical (unpaired) electrons. The fourth-order valence-corrected chi connectivity index (χ4v) is 4.81. The highest BCUT2D eigenvalue weighted by Crippen LogP contribution is 2.39. The van der Waals surface area contributed by atoms with Gasteiger partial charge in [-0.2, -0.15) is 0 Å². The number of ether oxygens (including phenoxy) is 1. The van der Waals surface area contributed by atoms with Crippen molar-refractivity contribution in [3.05, 3.63) is 59.5 Å². The number of fused-ring (bicyclic) bond motifs is 3. The van der Waals surface area contributed by atoms with Crippen LogP contribution < -0.4 is 10.1 Å². The molecule has 0 bridgehead atoms. The predicted molar refractivity (Wildman–Crippen MR) is 125 cm³/mol. The van der Waals surface area contributed by atoms with Crippen molar-refractivity contribution in [2.75, 3.05) is 6.54 Å². The van der Waals surface area contributed by atoms with Crippen LogP contribution in [0, 0.1) is 0 Å². The third kappa shape index (κ3) is 3.17. The largest absolute Gasteiger partial charge is 0.483 e. The molecule has 1 fully saturated rings. The second kappa shape index (κ2) is 6.86. The molecule has 4 heterocycles. The van der Waals surface area contributed by atoms with Gasteiger partial charge in [-0.25, -0.2) is 0 Å². The zero-order valence-electron chi connectivity index (χ0n) is 19.0. The first-order valence-corrected chi connectivity index (χ1v) is 11.1. The Hall–Kier alpha value is -3.28. The number of aromatic nitrogens is 1. The lowest BCUT2D eigenvalue weighted by atomic mass is 9.84. The minimum Gasteiger partial charge on any atom is -0.483 e. The van der Waals surface area contributed by atoms with E-state index in [1.165, 1.54) is 0 Å². The number of carbonyl (C=O) groups is 2. The number of allylic oxidation sites excluding steroid dienone is 1. The van der Waals surface area contributed by atoms with E-state index in [0.717, 1.165) is 39.9 Å². The van der Waals surface area contributed by atoms with Crippen molar-refractivity contribution in [3.8, 4) is 5.75 Å². The van der Waals surface area contributed by atoms with Gasteiger partial charge >= 0.3 is 0 Å². The predicted octanol–water partition coefficient (Wildman–Crippen LogP) is 3.97. The van der Waals surface area contributed by atoms with E-state index in [1.54, 1.807) is 4.90 Å². The van der Waals surface area contributed by atoms with Crippen LogP contribution in [0.25, 0.3) is 17.0 Å². The summed E-state index contributed by atoms with van der Waals surface area (Å²) >= 11 is 0. The van der Waals surface area contributed by atoms with Crippen LogP contribution in [0.5, 0.6) is 5.75 Å². The van der Waals surface area contributed by atoms with Crippen molar-refractivity contribution in [1.29, 1.82) is 0 Å². The number of aromatic amines is 1. The molecule has 0 saturated carbocycles. The number of benzene rings is 1. The molecule has 2 amide bonds. The van der Waals surface area contributed by atoms with Crippen molar-refractivity contribution in [1.82, 2.24) is 15.2 Å². The fourth-order valence-electron chi connectivity index (χ4n) is 4.81. The van der Waals surface area contributed by atoms with Crippen LogP contribution in [0.2, 0.25) is 0 Å². The summed E-state index contributed by atoms with van der Waals surface area (Å²) in [5.41, 5.74) is 3.76. The number of H-pyrrole nitrogens is 1. The molecule has 6 heteroatoms. The average molecular weight is 432 g/mol. The summed E-state index contributed by atoms with van der Waals surface area (Å²) in [5, 5.41) is 3.94. The molecule has 2 N–H and O–H groups in total. The van der Waals surface area contributed by atoms with E-state index in [4.69, 9.17) is 4.74 Å². The van der Waals surface area contributed by atoms with Crippen LogP contribution in [0.4, 0.5) is 0 Å². The lowest BCUT2D eigenvalue weighted by Crippen LogP contribution is -2.56. The molecule has 166 valence electrons. The molecule has 5 rings (SSSR count). The number of carbonyl (C=O) groups excluding carboxylic acids is 2. The Morgan fingerprint density at radius 2 is 2.09 bits per heavy atom. The molecule has 1 aromatic heterocycles. The van der Waals surface area contributed by atoms with Crippen molar-refractivity contribution >= 4 is 28.8 Å². The summed E-state index contributed by atoms with van der Waals surface area (Å²) in [7, 11) is 0. The Balaban J connectivity index is 1.62. The van der Waals surface area contributed by atoms with Crippen molar-refractivity contribution in [2.24, 2.45) is 0 Å². The zero-order chi connectivity index (χ0) is 22.8. The average Bonchev–Trinajstić information content (AvgIpc) is 3.36. The summed E-state index contributed by atoms with van der Waals surface area (Å²) in [5.74, 6) is 0.587. The molecule has 2 aromatic rings. The maximum absolute atomic E-state index is 13.2. The number of hydrogen-bond donors (Lipinski definition) is 2. The van der Waals surface area contributed by atoms with E-state index in [9.17, 15) is 9.59 Å². The maximum Gasteiger partial charge on any atom is 0.268 e. The molecule has 0 aliphatic carbocycles. The molecule has 3 aliphatic heterocycles. The smallest absolute Gasteiger partial charge is 0.268 e. The SMILES string of the molecule is C=CC(C)(C)c1[nH]c2cc3c(cc2c1C[C@@H]1NC(=O)C2=CCCN2C1=O)OC(C)(C)C=C3. The number of hydrogen-bond acceptors (Lipinski definition) is 3. The van der Waals surface area contributed by atoms with Gasteiger partial charge in [-0.05, 0) is 44.0 Å².